The number of hydrogen-bond donors (Lipinski definition) is 4. The summed E-state index contributed by atoms with van der Waals surface area (Å²) < 4.78 is 0. The number of amides is 2. The number of aliphatic hydroxyl groups is 2. The number of benzene rings is 1. The summed E-state index contributed by atoms with van der Waals surface area (Å²) in [7, 11) is 0. The van der Waals surface area contributed by atoms with Gasteiger partial charge in [0.15, 0.2) is 0 Å². The SMILES string of the molecule is Cc1cccc(C(=O)NCC(=O)NC(C)(CO)CO)c1. The molecule has 0 fully saturated rings. The van der Waals surface area contributed by atoms with Crippen molar-refractivity contribution in [3.8, 4) is 0 Å². The van der Waals surface area contributed by atoms with Gasteiger partial charge in [-0.25, -0.2) is 0 Å². The summed E-state index contributed by atoms with van der Waals surface area (Å²) in [4.78, 5) is 23.4. The fraction of sp³-hybridized carbons (Fsp3) is 0.429. The van der Waals surface area contributed by atoms with Crippen LogP contribution in [-0.4, -0.2) is 47.3 Å². The Labute approximate surface area is 117 Å². The van der Waals surface area contributed by atoms with Gasteiger partial charge in [-0.05, 0) is 26.0 Å². The number of carbonyl (C=O) groups is 2. The molecule has 0 aliphatic heterocycles. The van der Waals surface area contributed by atoms with Gasteiger partial charge in [0.1, 0.15) is 0 Å². The molecule has 0 aliphatic carbocycles. The molecule has 0 saturated heterocycles. The molecule has 1 rings (SSSR count). The van der Waals surface area contributed by atoms with Gasteiger partial charge in [0, 0.05) is 5.56 Å². The summed E-state index contributed by atoms with van der Waals surface area (Å²) in [6.45, 7) is 2.38. The molecule has 0 spiro atoms. The van der Waals surface area contributed by atoms with E-state index in [0.717, 1.165) is 5.56 Å². The Hall–Kier alpha value is -1.92. The van der Waals surface area contributed by atoms with Crippen molar-refractivity contribution in [1.82, 2.24) is 10.6 Å². The van der Waals surface area contributed by atoms with Crippen molar-refractivity contribution in [2.75, 3.05) is 19.8 Å². The van der Waals surface area contributed by atoms with E-state index in [1.54, 1.807) is 18.2 Å². The van der Waals surface area contributed by atoms with Crippen molar-refractivity contribution in [3.05, 3.63) is 35.4 Å². The zero-order valence-electron chi connectivity index (χ0n) is 11.6. The molecule has 6 heteroatoms. The average Bonchev–Trinajstić information content (AvgIpc) is 2.44. The second-order valence-corrected chi connectivity index (χ2v) is 4.98. The van der Waals surface area contributed by atoms with Gasteiger partial charge in [0.25, 0.3) is 5.91 Å². The van der Waals surface area contributed by atoms with Crippen LogP contribution in [0.5, 0.6) is 0 Å². The van der Waals surface area contributed by atoms with E-state index in [2.05, 4.69) is 10.6 Å². The highest BCUT2D eigenvalue weighted by molar-refractivity contribution is 5.96. The molecule has 0 atom stereocenters. The zero-order chi connectivity index (χ0) is 15.2. The first kappa shape index (κ1) is 16.1. The predicted molar refractivity (Wildman–Crippen MR) is 74.2 cm³/mol. The Morgan fingerprint density at radius 3 is 2.45 bits per heavy atom. The summed E-state index contributed by atoms with van der Waals surface area (Å²) in [5.74, 6) is -0.824. The third-order valence-corrected chi connectivity index (χ3v) is 2.83. The monoisotopic (exact) mass is 280 g/mol. The number of hydrogen-bond acceptors (Lipinski definition) is 4. The molecular formula is C14H20N2O4. The summed E-state index contributed by atoms with van der Waals surface area (Å²) in [6, 6.07) is 7.01. The Bertz CT molecular complexity index is 484. The first-order valence-electron chi connectivity index (χ1n) is 6.28. The van der Waals surface area contributed by atoms with Crippen molar-refractivity contribution in [2.45, 2.75) is 19.4 Å². The molecule has 0 heterocycles. The molecule has 0 radical (unpaired) electrons. The molecule has 0 aromatic heterocycles. The highest BCUT2D eigenvalue weighted by atomic mass is 16.3. The van der Waals surface area contributed by atoms with E-state index in [4.69, 9.17) is 10.2 Å². The van der Waals surface area contributed by atoms with Gasteiger partial charge in [-0.15, -0.1) is 0 Å². The largest absolute Gasteiger partial charge is 0.394 e. The van der Waals surface area contributed by atoms with E-state index in [9.17, 15) is 9.59 Å². The van der Waals surface area contributed by atoms with Crippen LogP contribution < -0.4 is 10.6 Å². The molecule has 110 valence electrons. The molecule has 20 heavy (non-hydrogen) atoms. The van der Waals surface area contributed by atoms with Crippen molar-refractivity contribution in [2.24, 2.45) is 0 Å². The minimum atomic E-state index is -1.09. The fourth-order valence-corrected chi connectivity index (χ4v) is 1.56. The quantitative estimate of drug-likeness (QED) is 0.569. The molecule has 2 amide bonds. The Balaban J connectivity index is 2.51. The lowest BCUT2D eigenvalue weighted by Crippen LogP contribution is -2.54. The Morgan fingerprint density at radius 2 is 1.90 bits per heavy atom. The van der Waals surface area contributed by atoms with Crippen LogP contribution >= 0.6 is 0 Å². The van der Waals surface area contributed by atoms with Gasteiger partial charge >= 0.3 is 0 Å². The van der Waals surface area contributed by atoms with Gasteiger partial charge in [-0.2, -0.15) is 0 Å². The normalized spacial score (nSPS) is 11.0. The lowest BCUT2D eigenvalue weighted by molar-refractivity contribution is -0.123. The number of aliphatic hydroxyl groups excluding tert-OH is 2. The van der Waals surface area contributed by atoms with Crippen LogP contribution in [0.25, 0.3) is 0 Å². The third kappa shape index (κ3) is 4.64. The van der Waals surface area contributed by atoms with Crippen LogP contribution in [0, 0.1) is 6.92 Å². The third-order valence-electron chi connectivity index (χ3n) is 2.83. The zero-order valence-corrected chi connectivity index (χ0v) is 11.6. The van der Waals surface area contributed by atoms with Crippen LogP contribution in [0.3, 0.4) is 0 Å². The van der Waals surface area contributed by atoms with Crippen LogP contribution in [0.4, 0.5) is 0 Å². The molecule has 6 nitrogen and oxygen atoms in total. The molecule has 4 N–H and O–H groups in total. The molecule has 1 aromatic carbocycles. The Morgan fingerprint density at radius 1 is 1.25 bits per heavy atom. The van der Waals surface area contributed by atoms with Gasteiger partial charge in [-0.1, -0.05) is 17.7 Å². The topological polar surface area (TPSA) is 98.7 Å². The molecule has 0 bridgehead atoms. The summed E-state index contributed by atoms with van der Waals surface area (Å²) in [5, 5.41) is 23.1. The number of carbonyl (C=O) groups excluding carboxylic acids is 2. The van der Waals surface area contributed by atoms with Gasteiger partial charge in [0.05, 0.1) is 25.3 Å². The number of aryl methyl sites for hydroxylation is 1. The van der Waals surface area contributed by atoms with Gasteiger partial charge in [0.2, 0.25) is 5.91 Å². The lowest BCUT2D eigenvalue weighted by atomic mass is 10.1. The average molecular weight is 280 g/mol. The van der Waals surface area contributed by atoms with Gasteiger partial charge in [-0.3, -0.25) is 9.59 Å². The van der Waals surface area contributed by atoms with Gasteiger partial charge < -0.3 is 20.8 Å². The fourth-order valence-electron chi connectivity index (χ4n) is 1.56. The summed E-state index contributed by atoms with van der Waals surface area (Å²) in [5.41, 5.74) is 0.339. The van der Waals surface area contributed by atoms with Crippen molar-refractivity contribution < 1.29 is 19.8 Å². The number of rotatable bonds is 6. The molecular weight excluding hydrogens is 260 g/mol. The van der Waals surface area contributed by atoms with Crippen LogP contribution in [0.2, 0.25) is 0 Å². The molecule has 1 aromatic rings. The van der Waals surface area contributed by atoms with Crippen molar-refractivity contribution >= 4 is 11.8 Å². The highest BCUT2D eigenvalue weighted by Crippen LogP contribution is 2.03. The maximum Gasteiger partial charge on any atom is 0.251 e. The highest BCUT2D eigenvalue weighted by Gasteiger charge is 2.24. The lowest BCUT2D eigenvalue weighted by Gasteiger charge is -2.26. The summed E-state index contributed by atoms with van der Waals surface area (Å²) >= 11 is 0. The molecule has 0 aliphatic rings. The minimum absolute atomic E-state index is 0.220. The maximum absolute atomic E-state index is 11.8. The summed E-state index contributed by atoms with van der Waals surface area (Å²) in [6.07, 6.45) is 0. The maximum atomic E-state index is 11.8. The van der Waals surface area contributed by atoms with E-state index in [0.29, 0.717) is 5.56 Å². The molecule has 0 unspecified atom stereocenters. The van der Waals surface area contributed by atoms with E-state index >= 15 is 0 Å². The first-order chi connectivity index (χ1) is 9.40. The van der Waals surface area contributed by atoms with Crippen molar-refractivity contribution in [3.63, 3.8) is 0 Å². The minimum Gasteiger partial charge on any atom is -0.394 e. The van der Waals surface area contributed by atoms with E-state index < -0.39 is 11.4 Å². The van der Waals surface area contributed by atoms with Crippen LogP contribution in [-0.2, 0) is 4.79 Å². The second-order valence-electron chi connectivity index (χ2n) is 4.98. The molecule has 0 saturated carbocycles. The smallest absolute Gasteiger partial charge is 0.251 e. The van der Waals surface area contributed by atoms with Crippen molar-refractivity contribution in [1.29, 1.82) is 0 Å². The van der Waals surface area contributed by atoms with Crippen LogP contribution in [0.1, 0.15) is 22.8 Å². The number of nitrogens with one attached hydrogen (secondary N) is 2. The first-order valence-corrected chi connectivity index (χ1v) is 6.28. The van der Waals surface area contributed by atoms with Crippen LogP contribution in [0.15, 0.2) is 24.3 Å². The Kier molecular flexibility index (Phi) is 5.66. The standard InChI is InChI=1S/C14H20N2O4/c1-10-4-3-5-11(6-10)13(20)15-7-12(19)16-14(2,8-17)9-18/h3-6,17-18H,7-9H2,1-2H3,(H,15,20)(H,16,19). The van der Waals surface area contributed by atoms with E-state index in [1.807, 2.05) is 13.0 Å². The van der Waals surface area contributed by atoms with E-state index in [-0.39, 0.29) is 25.7 Å². The predicted octanol–water partition coefficient (Wildman–Crippen LogP) is -0.416. The van der Waals surface area contributed by atoms with E-state index in [1.165, 1.54) is 6.92 Å². The second kappa shape index (κ2) is 7.02.